The quantitative estimate of drug-likeness (QED) is 0.452. The molecule has 2 N–H and O–H groups in total. The summed E-state index contributed by atoms with van der Waals surface area (Å²) in [5.41, 5.74) is 3.50. The van der Waals surface area contributed by atoms with Gasteiger partial charge < -0.3 is 15.1 Å². The molecule has 192 valence electrons. The van der Waals surface area contributed by atoms with Crippen LogP contribution in [0.5, 0.6) is 0 Å². The fourth-order valence-corrected chi connectivity index (χ4v) is 7.68. The Balaban J connectivity index is 1.37. The van der Waals surface area contributed by atoms with Crippen molar-refractivity contribution < 1.29 is 19.0 Å². The molecule has 0 aromatic heterocycles. The van der Waals surface area contributed by atoms with Crippen LogP contribution in [-0.4, -0.2) is 52.9 Å². The summed E-state index contributed by atoms with van der Waals surface area (Å²) in [6, 6.07) is 0. The van der Waals surface area contributed by atoms with Gasteiger partial charge in [-0.2, -0.15) is 0 Å². The predicted molar refractivity (Wildman–Crippen MR) is 134 cm³/mol. The van der Waals surface area contributed by atoms with Crippen LogP contribution in [0.4, 0.5) is 8.78 Å². The number of allylic oxidation sites excluding steroid dienone is 3. The molecule has 2 unspecified atom stereocenters. The Bertz CT molecular complexity index is 799. The molecule has 0 aromatic rings. The molecule has 7 atom stereocenters. The van der Waals surface area contributed by atoms with Crippen LogP contribution >= 0.6 is 0 Å². The maximum absolute atomic E-state index is 13.7. The first-order chi connectivity index (χ1) is 16.0. The standard InChI is InChI=1S/C29H45F2NO2/c1-19(11-14-32-15-12-23(18-32)29(4,30)31)24-9-10-25-22(6-5-13-28(24,25)3)8-7-21-16-26(33)20(2)27(34)17-21/h7-8,19,23-27,33-34H,2,5-6,9-18H2,1,3-4H3/t19?,23?,24-,25+,26-,27-,28-/m1/s1. The van der Waals surface area contributed by atoms with Crippen molar-refractivity contribution >= 4 is 0 Å². The summed E-state index contributed by atoms with van der Waals surface area (Å²) < 4.78 is 27.4. The molecule has 34 heavy (non-hydrogen) atoms. The van der Waals surface area contributed by atoms with Gasteiger partial charge in [-0.1, -0.05) is 43.7 Å². The van der Waals surface area contributed by atoms with E-state index in [0.717, 1.165) is 38.4 Å². The molecule has 4 aliphatic rings. The highest BCUT2D eigenvalue weighted by atomic mass is 19.3. The Morgan fingerprint density at radius 1 is 1.18 bits per heavy atom. The van der Waals surface area contributed by atoms with Gasteiger partial charge in [-0.3, -0.25) is 0 Å². The first-order valence-corrected chi connectivity index (χ1v) is 13.5. The minimum atomic E-state index is -2.56. The highest BCUT2D eigenvalue weighted by molar-refractivity contribution is 5.29. The first kappa shape index (κ1) is 26.0. The maximum atomic E-state index is 13.7. The number of aliphatic hydroxyl groups is 2. The lowest BCUT2D eigenvalue weighted by molar-refractivity contribution is -0.0353. The molecule has 0 bridgehead atoms. The Kier molecular flexibility index (Phi) is 7.77. The minimum Gasteiger partial charge on any atom is -0.388 e. The Labute approximate surface area is 205 Å². The summed E-state index contributed by atoms with van der Waals surface area (Å²) in [6.45, 7) is 12.1. The number of hydrogen-bond donors (Lipinski definition) is 2. The summed E-state index contributed by atoms with van der Waals surface area (Å²) in [7, 11) is 0. The highest BCUT2D eigenvalue weighted by Crippen LogP contribution is 2.59. The molecule has 0 radical (unpaired) electrons. The van der Waals surface area contributed by atoms with Crippen molar-refractivity contribution in [1.29, 1.82) is 0 Å². The van der Waals surface area contributed by atoms with Crippen molar-refractivity contribution in [2.75, 3.05) is 19.6 Å². The summed E-state index contributed by atoms with van der Waals surface area (Å²) in [6.07, 6.45) is 12.1. The molecule has 5 heteroatoms. The van der Waals surface area contributed by atoms with Crippen LogP contribution < -0.4 is 0 Å². The van der Waals surface area contributed by atoms with Crippen LogP contribution in [0.3, 0.4) is 0 Å². The lowest BCUT2D eigenvalue weighted by Gasteiger charge is -2.44. The van der Waals surface area contributed by atoms with E-state index in [9.17, 15) is 19.0 Å². The molecule has 1 aliphatic heterocycles. The van der Waals surface area contributed by atoms with Gasteiger partial charge in [-0.15, -0.1) is 0 Å². The average molecular weight is 478 g/mol. The monoisotopic (exact) mass is 477 g/mol. The van der Waals surface area contributed by atoms with Gasteiger partial charge in [0.2, 0.25) is 5.92 Å². The van der Waals surface area contributed by atoms with Crippen molar-refractivity contribution in [3.05, 3.63) is 35.5 Å². The molecular formula is C29H45F2NO2. The lowest BCUT2D eigenvalue weighted by atomic mass is 9.61. The highest BCUT2D eigenvalue weighted by Gasteiger charge is 2.50. The summed E-state index contributed by atoms with van der Waals surface area (Å²) in [5.74, 6) is -1.16. The van der Waals surface area contributed by atoms with Crippen molar-refractivity contribution in [3.63, 3.8) is 0 Å². The van der Waals surface area contributed by atoms with E-state index in [1.807, 2.05) is 0 Å². The van der Waals surface area contributed by atoms with Crippen molar-refractivity contribution in [2.24, 2.45) is 29.1 Å². The molecule has 3 aliphatic carbocycles. The third-order valence-corrected chi connectivity index (χ3v) is 9.91. The SMILES string of the molecule is C=C1[C@H](O)CC(=CC=C2CCC[C@]3(C)[C@@H](C(C)CCN4CCC(C(C)(F)F)C4)CC[C@@H]23)C[C@H]1O. The van der Waals surface area contributed by atoms with Gasteiger partial charge in [0.25, 0.3) is 0 Å². The molecule has 1 saturated heterocycles. The molecule has 0 spiro atoms. The molecular weight excluding hydrogens is 432 g/mol. The van der Waals surface area contributed by atoms with Crippen LogP contribution in [0.2, 0.25) is 0 Å². The second-order valence-corrected chi connectivity index (χ2v) is 12.2. The molecule has 3 nitrogen and oxygen atoms in total. The number of hydrogen-bond acceptors (Lipinski definition) is 3. The van der Waals surface area contributed by atoms with Crippen LogP contribution in [0.25, 0.3) is 0 Å². The lowest BCUT2D eigenvalue weighted by Crippen LogP contribution is -2.37. The Morgan fingerprint density at radius 3 is 2.53 bits per heavy atom. The van der Waals surface area contributed by atoms with Gasteiger partial charge in [-0.25, -0.2) is 8.78 Å². The number of likely N-dealkylation sites (tertiary alicyclic amines) is 1. The van der Waals surface area contributed by atoms with Gasteiger partial charge in [0.05, 0.1) is 12.2 Å². The zero-order valence-corrected chi connectivity index (χ0v) is 21.4. The van der Waals surface area contributed by atoms with E-state index < -0.39 is 24.0 Å². The van der Waals surface area contributed by atoms with E-state index in [1.54, 1.807) is 0 Å². The fraction of sp³-hybridized carbons (Fsp3) is 0.793. The van der Waals surface area contributed by atoms with E-state index in [-0.39, 0.29) is 0 Å². The maximum Gasteiger partial charge on any atom is 0.249 e. The van der Waals surface area contributed by atoms with Crippen LogP contribution in [-0.2, 0) is 0 Å². The Morgan fingerprint density at radius 2 is 1.88 bits per heavy atom. The molecule has 4 rings (SSSR count). The van der Waals surface area contributed by atoms with Crippen molar-refractivity contribution in [2.45, 2.75) is 96.7 Å². The van der Waals surface area contributed by atoms with Gasteiger partial charge in [0, 0.05) is 12.5 Å². The number of nitrogens with zero attached hydrogens (tertiary/aromatic N) is 1. The number of aliphatic hydroxyl groups excluding tert-OH is 2. The van der Waals surface area contributed by atoms with Gasteiger partial charge in [0.15, 0.2) is 0 Å². The first-order valence-electron chi connectivity index (χ1n) is 13.5. The normalized spacial score (nSPS) is 39.5. The molecule has 4 fully saturated rings. The Hall–Kier alpha value is -1.04. The van der Waals surface area contributed by atoms with Gasteiger partial charge in [-0.05, 0) is 107 Å². The van der Waals surface area contributed by atoms with Crippen LogP contribution in [0, 0.1) is 29.1 Å². The van der Waals surface area contributed by atoms with Gasteiger partial charge in [0.1, 0.15) is 0 Å². The smallest absolute Gasteiger partial charge is 0.249 e. The molecule has 1 heterocycles. The zero-order chi connectivity index (χ0) is 24.7. The van der Waals surface area contributed by atoms with Crippen LogP contribution in [0.15, 0.2) is 35.5 Å². The number of halogens is 2. The summed E-state index contributed by atoms with van der Waals surface area (Å²) in [4.78, 5) is 2.26. The minimum absolute atomic E-state index is 0.311. The van der Waals surface area contributed by atoms with E-state index in [2.05, 4.69) is 37.5 Å². The fourth-order valence-electron chi connectivity index (χ4n) is 7.68. The molecule has 0 amide bonds. The molecule has 3 saturated carbocycles. The third-order valence-electron chi connectivity index (χ3n) is 9.91. The largest absolute Gasteiger partial charge is 0.388 e. The second-order valence-electron chi connectivity index (χ2n) is 12.2. The predicted octanol–water partition coefficient (Wildman–Crippen LogP) is 6.13. The summed E-state index contributed by atoms with van der Waals surface area (Å²) >= 11 is 0. The number of fused-ring (bicyclic) bond motifs is 1. The number of rotatable bonds is 6. The average Bonchev–Trinajstić information content (AvgIpc) is 3.38. The van der Waals surface area contributed by atoms with E-state index >= 15 is 0 Å². The third kappa shape index (κ3) is 5.37. The van der Waals surface area contributed by atoms with Crippen molar-refractivity contribution in [3.8, 4) is 0 Å². The summed E-state index contributed by atoms with van der Waals surface area (Å²) in [5, 5.41) is 20.3. The number of alkyl halides is 2. The second kappa shape index (κ2) is 10.1. The topological polar surface area (TPSA) is 43.7 Å². The van der Waals surface area contributed by atoms with Crippen molar-refractivity contribution in [1.82, 2.24) is 4.90 Å². The van der Waals surface area contributed by atoms with E-state index in [0.29, 0.717) is 54.5 Å². The van der Waals surface area contributed by atoms with E-state index in [4.69, 9.17) is 0 Å². The van der Waals surface area contributed by atoms with Crippen LogP contribution in [0.1, 0.15) is 78.6 Å². The van der Waals surface area contributed by atoms with E-state index in [1.165, 1.54) is 31.3 Å². The zero-order valence-electron chi connectivity index (χ0n) is 21.4. The molecule has 0 aromatic carbocycles. The van der Waals surface area contributed by atoms with Gasteiger partial charge >= 0.3 is 0 Å².